The lowest BCUT2D eigenvalue weighted by Crippen LogP contribution is -2.52. The number of carbonyl (C=O) groups is 1. The number of ether oxygens (including phenoxy) is 1. The normalized spacial score (nSPS) is 24.7. The van der Waals surface area contributed by atoms with E-state index in [1.165, 1.54) is 0 Å². The predicted octanol–water partition coefficient (Wildman–Crippen LogP) is 1.08. The molecule has 0 saturated carbocycles. The Morgan fingerprint density at radius 2 is 2.17 bits per heavy atom. The molecule has 1 amide bonds. The maximum absolute atomic E-state index is 12.0. The number of hydrogen-bond acceptors (Lipinski definition) is 5. The molecule has 3 heterocycles. The molecule has 6 heteroatoms. The van der Waals surface area contributed by atoms with Crippen molar-refractivity contribution in [1.82, 2.24) is 15.1 Å². The second-order valence-corrected chi connectivity index (χ2v) is 6.54. The average Bonchev–Trinajstić information content (AvgIpc) is 3.07. The third kappa shape index (κ3) is 4.80. The van der Waals surface area contributed by atoms with E-state index < -0.39 is 0 Å². The Morgan fingerprint density at radius 3 is 2.87 bits per heavy atom. The summed E-state index contributed by atoms with van der Waals surface area (Å²) in [4.78, 5) is 16.8. The molecule has 2 aliphatic heterocycles. The maximum atomic E-state index is 12.0. The number of furan rings is 1. The van der Waals surface area contributed by atoms with E-state index in [1.54, 1.807) is 6.26 Å². The van der Waals surface area contributed by atoms with Crippen LogP contribution in [0, 0.1) is 0 Å². The van der Waals surface area contributed by atoms with Crippen molar-refractivity contribution in [2.45, 2.75) is 38.5 Å². The van der Waals surface area contributed by atoms with Crippen LogP contribution in [-0.2, 0) is 16.1 Å². The second kappa shape index (κ2) is 7.95. The van der Waals surface area contributed by atoms with Crippen LogP contribution in [0.3, 0.4) is 0 Å². The summed E-state index contributed by atoms with van der Waals surface area (Å²) in [7, 11) is 0. The summed E-state index contributed by atoms with van der Waals surface area (Å²) in [5.41, 5.74) is 0. The lowest BCUT2D eigenvalue weighted by atomic mass is 10.0. The molecule has 0 spiro atoms. The van der Waals surface area contributed by atoms with Gasteiger partial charge in [-0.25, -0.2) is 0 Å². The molecule has 1 atom stereocenters. The molecule has 0 radical (unpaired) electrons. The molecule has 1 aromatic rings. The fourth-order valence-corrected chi connectivity index (χ4v) is 3.48. The number of nitrogens with one attached hydrogen (secondary N) is 1. The van der Waals surface area contributed by atoms with Gasteiger partial charge in [-0.3, -0.25) is 14.6 Å². The standard InChI is InChI=1S/C17H27N3O3/c1-14-12-20(8-10-22-14)15-4-6-19(7-5-15)13-17(21)18-11-16-3-2-9-23-16/h2-3,9,14-15H,4-8,10-13H2,1H3,(H,18,21). The Bertz CT molecular complexity index is 483. The smallest absolute Gasteiger partial charge is 0.234 e. The Labute approximate surface area is 137 Å². The number of amides is 1. The lowest BCUT2D eigenvalue weighted by molar-refractivity contribution is -0.123. The van der Waals surface area contributed by atoms with Gasteiger partial charge in [0.2, 0.25) is 5.91 Å². The molecule has 1 N–H and O–H groups in total. The number of rotatable bonds is 5. The topological polar surface area (TPSA) is 58.0 Å². The third-order valence-corrected chi connectivity index (χ3v) is 4.75. The van der Waals surface area contributed by atoms with E-state index >= 15 is 0 Å². The first-order chi connectivity index (χ1) is 11.2. The molecule has 2 saturated heterocycles. The molecule has 128 valence electrons. The molecule has 0 aromatic carbocycles. The van der Waals surface area contributed by atoms with E-state index in [9.17, 15) is 4.79 Å². The van der Waals surface area contributed by atoms with Gasteiger partial charge in [0, 0.05) is 32.2 Å². The minimum Gasteiger partial charge on any atom is -0.467 e. The highest BCUT2D eigenvalue weighted by Crippen LogP contribution is 2.19. The van der Waals surface area contributed by atoms with Crippen molar-refractivity contribution in [3.8, 4) is 0 Å². The van der Waals surface area contributed by atoms with Crippen LogP contribution >= 0.6 is 0 Å². The second-order valence-electron chi connectivity index (χ2n) is 6.54. The lowest BCUT2D eigenvalue weighted by Gasteiger charge is -2.41. The summed E-state index contributed by atoms with van der Waals surface area (Å²) in [5, 5.41) is 2.91. The first-order valence-electron chi connectivity index (χ1n) is 8.58. The summed E-state index contributed by atoms with van der Waals surface area (Å²) in [6, 6.07) is 4.34. The van der Waals surface area contributed by atoms with E-state index in [1.807, 2.05) is 12.1 Å². The zero-order valence-electron chi connectivity index (χ0n) is 13.9. The Kier molecular flexibility index (Phi) is 5.70. The van der Waals surface area contributed by atoms with Gasteiger partial charge in [-0.2, -0.15) is 0 Å². The van der Waals surface area contributed by atoms with Crippen LogP contribution in [0.5, 0.6) is 0 Å². The molecule has 0 aliphatic carbocycles. The van der Waals surface area contributed by atoms with Gasteiger partial charge in [-0.1, -0.05) is 0 Å². The van der Waals surface area contributed by atoms with Crippen molar-refractivity contribution >= 4 is 5.91 Å². The summed E-state index contributed by atoms with van der Waals surface area (Å²) >= 11 is 0. The van der Waals surface area contributed by atoms with Crippen molar-refractivity contribution in [2.75, 3.05) is 39.3 Å². The first-order valence-corrected chi connectivity index (χ1v) is 8.58. The van der Waals surface area contributed by atoms with Crippen molar-refractivity contribution in [3.05, 3.63) is 24.2 Å². The zero-order valence-corrected chi connectivity index (χ0v) is 13.9. The average molecular weight is 321 g/mol. The molecule has 1 aromatic heterocycles. The van der Waals surface area contributed by atoms with Gasteiger partial charge in [0.15, 0.2) is 0 Å². The van der Waals surface area contributed by atoms with Gasteiger partial charge >= 0.3 is 0 Å². The monoisotopic (exact) mass is 321 g/mol. The molecule has 6 nitrogen and oxygen atoms in total. The minimum atomic E-state index is 0.0693. The number of likely N-dealkylation sites (tertiary alicyclic amines) is 1. The molecular weight excluding hydrogens is 294 g/mol. The number of carbonyl (C=O) groups excluding carboxylic acids is 1. The molecule has 2 fully saturated rings. The zero-order chi connectivity index (χ0) is 16.1. The van der Waals surface area contributed by atoms with Crippen molar-refractivity contribution in [1.29, 1.82) is 0 Å². The van der Waals surface area contributed by atoms with Gasteiger partial charge in [0.1, 0.15) is 5.76 Å². The fraction of sp³-hybridized carbons (Fsp3) is 0.706. The molecule has 23 heavy (non-hydrogen) atoms. The molecule has 1 unspecified atom stereocenters. The van der Waals surface area contributed by atoms with Gasteiger partial charge in [-0.05, 0) is 31.9 Å². The van der Waals surface area contributed by atoms with Gasteiger partial charge < -0.3 is 14.5 Å². The Morgan fingerprint density at radius 1 is 1.35 bits per heavy atom. The Balaban J connectivity index is 1.36. The van der Waals surface area contributed by atoms with Crippen LogP contribution < -0.4 is 5.32 Å². The third-order valence-electron chi connectivity index (χ3n) is 4.75. The number of nitrogens with zero attached hydrogens (tertiary/aromatic N) is 2. The summed E-state index contributed by atoms with van der Waals surface area (Å²) < 4.78 is 10.8. The highest BCUT2D eigenvalue weighted by Gasteiger charge is 2.28. The highest BCUT2D eigenvalue weighted by molar-refractivity contribution is 5.77. The molecular formula is C17H27N3O3. The van der Waals surface area contributed by atoms with E-state index in [4.69, 9.17) is 9.15 Å². The van der Waals surface area contributed by atoms with Crippen LogP contribution in [0.15, 0.2) is 22.8 Å². The predicted molar refractivity (Wildman–Crippen MR) is 87.0 cm³/mol. The molecule has 3 rings (SSSR count). The summed E-state index contributed by atoms with van der Waals surface area (Å²) in [6.45, 7) is 7.99. The van der Waals surface area contributed by atoms with E-state index in [-0.39, 0.29) is 5.91 Å². The minimum absolute atomic E-state index is 0.0693. The fourth-order valence-electron chi connectivity index (χ4n) is 3.48. The van der Waals surface area contributed by atoms with Crippen LogP contribution in [0.25, 0.3) is 0 Å². The van der Waals surface area contributed by atoms with E-state index in [2.05, 4.69) is 22.0 Å². The van der Waals surface area contributed by atoms with Crippen molar-refractivity contribution < 1.29 is 13.9 Å². The van der Waals surface area contributed by atoms with Crippen molar-refractivity contribution in [3.63, 3.8) is 0 Å². The highest BCUT2D eigenvalue weighted by atomic mass is 16.5. The SMILES string of the molecule is CC1CN(C2CCN(CC(=O)NCc3ccco3)CC2)CCO1. The van der Waals surface area contributed by atoms with Gasteiger partial charge in [-0.15, -0.1) is 0 Å². The van der Waals surface area contributed by atoms with Gasteiger partial charge in [0.25, 0.3) is 0 Å². The summed E-state index contributed by atoms with van der Waals surface area (Å²) in [5.74, 6) is 0.860. The number of piperidine rings is 1. The van der Waals surface area contributed by atoms with Crippen LogP contribution in [0.1, 0.15) is 25.5 Å². The number of hydrogen-bond donors (Lipinski definition) is 1. The number of morpholine rings is 1. The maximum Gasteiger partial charge on any atom is 0.234 e. The van der Waals surface area contributed by atoms with Crippen LogP contribution in [0.4, 0.5) is 0 Å². The van der Waals surface area contributed by atoms with Crippen LogP contribution in [-0.4, -0.2) is 67.2 Å². The van der Waals surface area contributed by atoms with E-state index in [0.29, 0.717) is 25.2 Å². The van der Waals surface area contributed by atoms with Crippen LogP contribution in [0.2, 0.25) is 0 Å². The molecule has 2 aliphatic rings. The molecule has 0 bridgehead atoms. The largest absolute Gasteiger partial charge is 0.467 e. The van der Waals surface area contributed by atoms with Crippen molar-refractivity contribution in [2.24, 2.45) is 0 Å². The van der Waals surface area contributed by atoms with E-state index in [0.717, 1.165) is 51.4 Å². The van der Waals surface area contributed by atoms with Gasteiger partial charge in [0.05, 0.1) is 32.1 Å². The quantitative estimate of drug-likeness (QED) is 0.879. The Hall–Kier alpha value is -1.37. The first kappa shape index (κ1) is 16.5. The summed E-state index contributed by atoms with van der Waals surface area (Å²) in [6.07, 6.45) is 4.24.